The number of rotatable bonds is 4. The maximum absolute atomic E-state index is 12.6. The number of alkyl halides is 3. The van der Waals surface area contributed by atoms with Gasteiger partial charge in [-0.2, -0.15) is 18.4 Å². The first-order valence-electron chi connectivity index (χ1n) is 5.76. The summed E-state index contributed by atoms with van der Waals surface area (Å²) in [6.07, 6.45) is -3.87. The van der Waals surface area contributed by atoms with Crippen LogP contribution < -0.4 is 0 Å². The molecule has 0 aromatic heterocycles. The van der Waals surface area contributed by atoms with Crippen molar-refractivity contribution in [3.05, 3.63) is 48.0 Å². The van der Waals surface area contributed by atoms with E-state index in [-0.39, 0.29) is 6.54 Å². The minimum Gasteiger partial charge on any atom is -0.311 e. The van der Waals surface area contributed by atoms with Crippen LogP contribution in [0.25, 0.3) is 0 Å². The summed E-state index contributed by atoms with van der Waals surface area (Å²) in [6.45, 7) is 4.72. The number of carbonyl (C=O) groups is 1. The van der Waals surface area contributed by atoms with Crippen molar-refractivity contribution in [1.29, 1.82) is 5.26 Å². The molecule has 1 aromatic rings. The highest BCUT2D eigenvalue weighted by atomic mass is 19.4. The van der Waals surface area contributed by atoms with Crippen LogP contribution >= 0.6 is 0 Å². The summed E-state index contributed by atoms with van der Waals surface area (Å²) in [4.78, 5) is 11.9. The summed E-state index contributed by atoms with van der Waals surface area (Å²) >= 11 is 0. The first-order chi connectivity index (χ1) is 9.31. The van der Waals surface area contributed by atoms with Gasteiger partial charge in [-0.3, -0.25) is 4.79 Å². The summed E-state index contributed by atoms with van der Waals surface area (Å²) in [7, 11) is 0. The highest BCUT2D eigenvalue weighted by Crippen LogP contribution is 2.27. The molecule has 0 spiro atoms. The molecule has 0 bridgehead atoms. The molecule has 20 heavy (non-hydrogen) atoms. The third-order valence-corrected chi connectivity index (χ3v) is 2.62. The fraction of sp³-hybridized carbons (Fsp3) is 0.286. The molecule has 6 heteroatoms. The van der Waals surface area contributed by atoms with Gasteiger partial charge in [0.25, 0.3) is 0 Å². The van der Waals surface area contributed by atoms with Gasteiger partial charge in [-0.15, -0.1) is 6.58 Å². The van der Waals surface area contributed by atoms with E-state index in [1.807, 2.05) is 0 Å². The van der Waals surface area contributed by atoms with Crippen molar-refractivity contribution >= 4 is 5.91 Å². The first-order valence-corrected chi connectivity index (χ1v) is 5.76. The SMILES string of the molecule is C=CCN(C(=O)C(F)(F)F)C(C#N)c1cccc(C)c1. The van der Waals surface area contributed by atoms with Crippen LogP contribution in [-0.2, 0) is 4.79 Å². The molecule has 0 radical (unpaired) electrons. The number of nitrogens with zero attached hydrogens (tertiary/aromatic N) is 2. The van der Waals surface area contributed by atoms with Crippen molar-refractivity contribution in [2.45, 2.75) is 19.1 Å². The predicted octanol–water partition coefficient (Wildman–Crippen LogP) is 3.14. The van der Waals surface area contributed by atoms with E-state index in [0.717, 1.165) is 11.6 Å². The Morgan fingerprint density at radius 1 is 1.55 bits per heavy atom. The molecule has 0 aliphatic heterocycles. The second-order valence-electron chi connectivity index (χ2n) is 4.19. The number of hydrogen-bond donors (Lipinski definition) is 0. The molecule has 106 valence electrons. The Morgan fingerprint density at radius 2 is 2.20 bits per heavy atom. The second-order valence-corrected chi connectivity index (χ2v) is 4.19. The lowest BCUT2D eigenvalue weighted by atomic mass is 10.0. The molecule has 0 aliphatic rings. The van der Waals surface area contributed by atoms with Crippen molar-refractivity contribution < 1.29 is 18.0 Å². The Morgan fingerprint density at radius 3 is 2.65 bits per heavy atom. The van der Waals surface area contributed by atoms with Gasteiger partial charge in [0.15, 0.2) is 0 Å². The Kier molecular flexibility index (Phi) is 4.92. The molecule has 1 amide bonds. The first kappa shape index (κ1) is 15.8. The quantitative estimate of drug-likeness (QED) is 0.796. The zero-order valence-corrected chi connectivity index (χ0v) is 10.8. The number of benzene rings is 1. The van der Waals surface area contributed by atoms with Gasteiger partial charge in [0, 0.05) is 6.54 Å². The van der Waals surface area contributed by atoms with Crippen molar-refractivity contribution in [1.82, 2.24) is 4.90 Å². The van der Waals surface area contributed by atoms with Gasteiger partial charge >= 0.3 is 12.1 Å². The molecular weight excluding hydrogens is 269 g/mol. The molecule has 1 rings (SSSR count). The van der Waals surface area contributed by atoms with Crippen LogP contribution in [0.4, 0.5) is 13.2 Å². The van der Waals surface area contributed by atoms with Gasteiger partial charge in [-0.05, 0) is 12.5 Å². The van der Waals surface area contributed by atoms with Crippen LogP contribution in [0.1, 0.15) is 17.2 Å². The van der Waals surface area contributed by atoms with Crippen LogP contribution in [0.15, 0.2) is 36.9 Å². The highest BCUT2D eigenvalue weighted by Gasteiger charge is 2.44. The molecule has 0 saturated heterocycles. The lowest BCUT2D eigenvalue weighted by molar-refractivity contribution is -0.186. The van der Waals surface area contributed by atoms with E-state index in [9.17, 15) is 18.0 Å². The van der Waals surface area contributed by atoms with Crippen LogP contribution in [0.2, 0.25) is 0 Å². The molecule has 0 saturated carbocycles. The lowest BCUT2D eigenvalue weighted by Gasteiger charge is -2.27. The second kappa shape index (κ2) is 6.24. The molecule has 3 nitrogen and oxygen atoms in total. The average molecular weight is 282 g/mol. The van der Waals surface area contributed by atoms with Crippen molar-refractivity contribution in [2.75, 3.05) is 6.54 Å². The average Bonchev–Trinajstić information content (AvgIpc) is 2.37. The molecule has 1 unspecified atom stereocenters. The summed E-state index contributed by atoms with van der Waals surface area (Å²) in [5.41, 5.74) is 1.13. The van der Waals surface area contributed by atoms with E-state index < -0.39 is 18.1 Å². The fourth-order valence-corrected chi connectivity index (χ4v) is 1.77. The minimum absolute atomic E-state index is 0.340. The zero-order valence-electron chi connectivity index (χ0n) is 10.8. The predicted molar refractivity (Wildman–Crippen MR) is 67.5 cm³/mol. The maximum atomic E-state index is 12.6. The zero-order chi connectivity index (χ0) is 15.3. The molecular formula is C14H13F3N2O. The van der Waals surface area contributed by atoms with E-state index in [1.54, 1.807) is 31.2 Å². The van der Waals surface area contributed by atoms with Gasteiger partial charge in [0.1, 0.15) is 6.04 Å². The van der Waals surface area contributed by atoms with Crippen LogP contribution in [0, 0.1) is 18.3 Å². The number of halogens is 3. The summed E-state index contributed by atoms with van der Waals surface area (Å²) in [5.74, 6) is -2.05. The Bertz CT molecular complexity index is 546. The third kappa shape index (κ3) is 3.60. The van der Waals surface area contributed by atoms with E-state index >= 15 is 0 Å². The van der Waals surface area contributed by atoms with Crippen LogP contribution in [0.5, 0.6) is 0 Å². The summed E-state index contributed by atoms with van der Waals surface area (Å²) < 4.78 is 37.7. The molecule has 0 aliphatic carbocycles. The van der Waals surface area contributed by atoms with Crippen LogP contribution in [-0.4, -0.2) is 23.5 Å². The molecule has 0 heterocycles. The highest BCUT2D eigenvalue weighted by molar-refractivity contribution is 5.82. The van der Waals surface area contributed by atoms with Gasteiger partial charge in [0.05, 0.1) is 6.07 Å². The monoisotopic (exact) mass is 282 g/mol. The summed E-state index contributed by atoms with van der Waals surface area (Å²) in [5, 5.41) is 9.14. The third-order valence-electron chi connectivity index (χ3n) is 2.62. The normalized spacial score (nSPS) is 12.3. The molecule has 1 aromatic carbocycles. The number of carbonyl (C=O) groups excluding carboxylic acids is 1. The number of nitriles is 1. The van der Waals surface area contributed by atoms with Gasteiger partial charge < -0.3 is 4.90 Å². The van der Waals surface area contributed by atoms with E-state index in [0.29, 0.717) is 10.5 Å². The fourth-order valence-electron chi connectivity index (χ4n) is 1.77. The largest absolute Gasteiger partial charge is 0.471 e. The molecule has 0 fully saturated rings. The topological polar surface area (TPSA) is 44.1 Å². The Balaban J connectivity index is 3.20. The van der Waals surface area contributed by atoms with Crippen LogP contribution in [0.3, 0.4) is 0 Å². The van der Waals surface area contributed by atoms with Gasteiger partial charge in [-0.1, -0.05) is 35.9 Å². The Hall–Kier alpha value is -2.29. The van der Waals surface area contributed by atoms with Gasteiger partial charge in [-0.25, -0.2) is 0 Å². The lowest BCUT2D eigenvalue weighted by Crippen LogP contribution is -2.43. The maximum Gasteiger partial charge on any atom is 0.471 e. The minimum atomic E-state index is -5.03. The smallest absolute Gasteiger partial charge is 0.311 e. The molecule has 1 atom stereocenters. The number of aryl methyl sites for hydroxylation is 1. The van der Waals surface area contributed by atoms with E-state index in [2.05, 4.69) is 6.58 Å². The van der Waals surface area contributed by atoms with Crippen molar-refractivity contribution in [2.24, 2.45) is 0 Å². The van der Waals surface area contributed by atoms with E-state index in [1.165, 1.54) is 6.07 Å². The number of hydrogen-bond acceptors (Lipinski definition) is 2. The van der Waals surface area contributed by atoms with Crippen molar-refractivity contribution in [3.8, 4) is 6.07 Å². The summed E-state index contributed by atoms with van der Waals surface area (Å²) in [6, 6.07) is 6.90. The molecule has 0 N–H and O–H groups in total. The van der Waals surface area contributed by atoms with Gasteiger partial charge in [0.2, 0.25) is 0 Å². The van der Waals surface area contributed by atoms with Crippen molar-refractivity contribution in [3.63, 3.8) is 0 Å². The standard InChI is InChI=1S/C14H13F3N2O/c1-3-7-19(13(20)14(15,16)17)12(9-18)11-6-4-5-10(2)8-11/h3-6,8,12H,1,7H2,2H3. The van der Waals surface area contributed by atoms with E-state index in [4.69, 9.17) is 5.26 Å². The number of amides is 1. The Labute approximate surface area is 114 Å².